The summed E-state index contributed by atoms with van der Waals surface area (Å²) in [6.45, 7) is 4.08. The Morgan fingerprint density at radius 1 is 1.16 bits per heavy atom. The minimum atomic E-state index is -0.609. The molecule has 0 spiro atoms. The van der Waals surface area contributed by atoms with Gasteiger partial charge in [-0.1, -0.05) is 12.1 Å². The Kier molecular flexibility index (Phi) is 6.08. The number of nitrogens with zero attached hydrogens (tertiary/aromatic N) is 1. The maximum absolute atomic E-state index is 11.4. The predicted molar refractivity (Wildman–Crippen MR) is 70.2 cm³/mol. The summed E-state index contributed by atoms with van der Waals surface area (Å²) < 4.78 is 9.49. The number of hydrogen-bond acceptors (Lipinski definition) is 5. The van der Waals surface area contributed by atoms with Crippen LogP contribution in [0.5, 0.6) is 0 Å². The highest BCUT2D eigenvalue weighted by atomic mass is 16.5. The van der Waals surface area contributed by atoms with Gasteiger partial charge in [-0.05, 0) is 31.5 Å². The van der Waals surface area contributed by atoms with Crippen molar-refractivity contribution in [2.75, 3.05) is 13.2 Å². The molecule has 1 rings (SSSR count). The molecule has 0 aliphatic carbocycles. The van der Waals surface area contributed by atoms with E-state index >= 15 is 0 Å². The molecule has 1 amide bonds. The van der Waals surface area contributed by atoms with Gasteiger partial charge >= 0.3 is 12.1 Å². The Morgan fingerprint density at radius 2 is 1.79 bits per heavy atom. The van der Waals surface area contributed by atoms with E-state index < -0.39 is 6.09 Å². The summed E-state index contributed by atoms with van der Waals surface area (Å²) >= 11 is 0. The van der Waals surface area contributed by atoms with E-state index in [-0.39, 0.29) is 12.6 Å². The number of esters is 1. The number of carbonyl (C=O) groups excluding carboxylic acids is 2. The normalized spacial score (nSPS) is 10.2. The van der Waals surface area contributed by atoms with Crippen molar-refractivity contribution in [2.45, 2.75) is 13.8 Å². The van der Waals surface area contributed by atoms with E-state index in [9.17, 15) is 9.59 Å². The summed E-state index contributed by atoms with van der Waals surface area (Å²) in [7, 11) is 0. The Balaban J connectivity index is 2.54. The molecule has 0 fully saturated rings. The Morgan fingerprint density at radius 3 is 2.37 bits per heavy atom. The molecule has 0 saturated heterocycles. The smallest absolute Gasteiger partial charge is 0.427 e. The van der Waals surface area contributed by atoms with Crippen molar-refractivity contribution in [3.63, 3.8) is 0 Å². The molecule has 1 aromatic rings. The SMILES string of the molecule is CCOC(=O)N/N=C/c1ccc(C(=O)OCC)cc1. The second-order valence-electron chi connectivity index (χ2n) is 3.43. The summed E-state index contributed by atoms with van der Waals surface area (Å²) in [6.07, 6.45) is 0.841. The summed E-state index contributed by atoms with van der Waals surface area (Å²) in [5.74, 6) is -0.365. The number of benzene rings is 1. The molecule has 1 aromatic carbocycles. The van der Waals surface area contributed by atoms with Crippen molar-refractivity contribution in [2.24, 2.45) is 5.10 Å². The number of rotatable bonds is 5. The number of ether oxygens (including phenoxy) is 2. The average molecular weight is 264 g/mol. The van der Waals surface area contributed by atoms with E-state index in [0.717, 1.165) is 5.56 Å². The van der Waals surface area contributed by atoms with Crippen LogP contribution in [0.3, 0.4) is 0 Å². The van der Waals surface area contributed by atoms with Crippen LogP contribution in [0.1, 0.15) is 29.8 Å². The third kappa shape index (κ3) is 5.20. The molecule has 0 aromatic heterocycles. The maximum Gasteiger partial charge on any atom is 0.427 e. The lowest BCUT2D eigenvalue weighted by molar-refractivity contribution is 0.0526. The summed E-state index contributed by atoms with van der Waals surface area (Å²) in [6, 6.07) is 6.65. The fourth-order valence-electron chi connectivity index (χ4n) is 1.24. The van der Waals surface area contributed by atoms with Crippen molar-refractivity contribution >= 4 is 18.3 Å². The first-order valence-corrected chi connectivity index (χ1v) is 5.90. The first kappa shape index (κ1) is 14.7. The van der Waals surface area contributed by atoms with Crippen molar-refractivity contribution in [3.8, 4) is 0 Å². The minimum Gasteiger partial charge on any atom is -0.462 e. The third-order valence-corrected chi connectivity index (χ3v) is 2.07. The van der Waals surface area contributed by atoms with Crippen LogP contribution in [0.4, 0.5) is 4.79 Å². The topological polar surface area (TPSA) is 77.0 Å². The molecule has 19 heavy (non-hydrogen) atoms. The van der Waals surface area contributed by atoms with Gasteiger partial charge in [0, 0.05) is 0 Å². The second-order valence-corrected chi connectivity index (χ2v) is 3.43. The van der Waals surface area contributed by atoms with E-state index in [1.165, 1.54) is 6.21 Å². The van der Waals surface area contributed by atoms with Gasteiger partial charge in [0.2, 0.25) is 0 Å². The van der Waals surface area contributed by atoms with Crippen LogP contribution in [0.15, 0.2) is 29.4 Å². The number of nitrogens with one attached hydrogen (secondary N) is 1. The van der Waals surface area contributed by atoms with Crippen LogP contribution in [-0.2, 0) is 9.47 Å². The summed E-state index contributed by atoms with van der Waals surface area (Å²) in [4.78, 5) is 22.3. The highest BCUT2D eigenvalue weighted by Crippen LogP contribution is 2.04. The van der Waals surface area contributed by atoms with Gasteiger partial charge in [0.25, 0.3) is 0 Å². The second kappa shape index (κ2) is 7.86. The van der Waals surface area contributed by atoms with Gasteiger partial charge in [-0.15, -0.1) is 0 Å². The molecular weight excluding hydrogens is 248 g/mol. The zero-order valence-electron chi connectivity index (χ0n) is 10.9. The molecule has 0 saturated carbocycles. The van der Waals surface area contributed by atoms with E-state index in [1.54, 1.807) is 38.1 Å². The maximum atomic E-state index is 11.4. The van der Waals surface area contributed by atoms with Crippen molar-refractivity contribution in [3.05, 3.63) is 35.4 Å². The van der Waals surface area contributed by atoms with Gasteiger partial charge in [-0.2, -0.15) is 5.10 Å². The van der Waals surface area contributed by atoms with Gasteiger partial charge in [0.15, 0.2) is 0 Å². The Labute approximate surface area is 111 Å². The Hall–Kier alpha value is -2.37. The highest BCUT2D eigenvalue weighted by Gasteiger charge is 2.04. The molecule has 0 atom stereocenters. The lowest BCUT2D eigenvalue weighted by atomic mass is 10.1. The molecule has 0 radical (unpaired) electrons. The number of hydrogen-bond donors (Lipinski definition) is 1. The van der Waals surface area contributed by atoms with Crippen LogP contribution in [-0.4, -0.2) is 31.5 Å². The van der Waals surface area contributed by atoms with Crippen LogP contribution < -0.4 is 5.43 Å². The predicted octanol–water partition coefficient (Wildman–Crippen LogP) is 1.94. The monoisotopic (exact) mass is 264 g/mol. The quantitative estimate of drug-likeness (QED) is 0.501. The summed E-state index contributed by atoms with van der Waals surface area (Å²) in [5.41, 5.74) is 3.42. The van der Waals surface area contributed by atoms with Gasteiger partial charge < -0.3 is 9.47 Å². The molecular formula is C13H16N2O4. The van der Waals surface area contributed by atoms with E-state index in [4.69, 9.17) is 4.74 Å². The molecule has 0 bridgehead atoms. The number of carbonyl (C=O) groups is 2. The fourth-order valence-corrected chi connectivity index (χ4v) is 1.24. The van der Waals surface area contributed by atoms with E-state index in [2.05, 4.69) is 15.3 Å². The van der Waals surface area contributed by atoms with Gasteiger partial charge in [0.05, 0.1) is 25.0 Å². The lowest BCUT2D eigenvalue weighted by Crippen LogP contribution is -2.18. The van der Waals surface area contributed by atoms with Crippen molar-refractivity contribution < 1.29 is 19.1 Å². The van der Waals surface area contributed by atoms with Gasteiger partial charge in [-0.3, -0.25) is 0 Å². The highest BCUT2D eigenvalue weighted by molar-refractivity contribution is 5.90. The van der Waals surface area contributed by atoms with Crippen LogP contribution in [0.2, 0.25) is 0 Å². The fraction of sp³-hybridized carbons (Fsp3) is 0.308. The van der Waals surface area contributed by atoms with Crippen LogP contribution in [0.25, 0.3) is 0 Å². The summed E-state index contributed by atoms with van der Waals surface area (Å²) in [5, 5.41) is 3.71. The average Bonchev–Trinajstić information content (AvgIpc) is 2.40. The molecule has 0 unspecified atom stereocenters. The molecule has 102 valence electrons. The number of hydrazone groups is 1. The lowest BCUT2D eigenvalue weighted by Gasteiger charge is -2.01. The third-order valence-electron chi connectivity index (χ3n) is 2.07. The molecule has 1 N–H and O–H groups in total. The largest absolute Gasteiger partial charge is 0.462 e. The van der Waals surface area contributed by atoms with Gasteiger partial charge in [-0.25, -0.2) is 15.0 Å². The first-order valence-electron chi connectivity index (χ1n) is 5.90. The van der Waals surface area contributed by atoms with Crippen molar-refractivity contribution in [1.29, 1.82) is 0 Å². The van der Waals surface area contributed by atoms with E-state index in [0.29, 0.717) is 12.2 Å². The Bertz CT molecular complexity index is 454. The zero-order chi connectivity index (χ0) is 14.1. The molecule has 6 nitrogen and oxygen atoms in total. The zero-order valence-corrected chi connectivity index (χ0v) is 10.9. The van der Waals surface area contributed by atoms with Crippen LogP contribution >= 0.6 is 0 Å². The van der Waals surface area contributed by atoms with Crippen LogP contribution in [0, 0.1) is 0 Å². The molecule has 0 aliphatic rings. The minimum absolute atomic E-state index is 0.287. The number of amides is 1. The van der Waals surface area contributed by atoms with E-state index in [1.807, 2.05) is 0 Å². The first-order chi connectivity index (χ1) is 9.17. The molecule has 6 heteroatoms. The molecule has 0 aliphatic heterocycles. The standard InChI is InChI=1S/C13H16N2O4/c1-3-18-12(16)11-7-5-10(6-8-11)9-14-15-13(17)19-4-2/h5-9H,3-4H2,1-2H3,(H,15,17)/b14-9+. The van der Waals surface area contributed by atoms with Gasteiger partial charge in [0.1, 0.15) is 0 Å². The molecule has 0 heterocycles. The van der Waals surface area contributed by atoms with Crippen molar-refractivity contribution in [1.82, 2.24) is 5.43 Å².